The monoisotopic (exact) mass is 443 g/mol. The molecule has 10 nitrogen and oxygen atoms in total. The van der Waals surface area contributed by atoms with Crippen molar-refractivity contribution in [2.45, 2.75) is 11.3 Å². The molecule has 31 heavy (non-hydrogen) atoms. The van der Waals surface area contributed by atoms with Crippen molar-refractivity contribution >= 4 is 33.1 Å². The zero-order valence-electron chi connectivity index (χ0n) is 16.6. The normalized spacial score (nSPS) is 18.5. The minimum Gasteiger partial charge on any atom is -0.368 e. The zero-order chi connectivity index (χ0) is 22.0. The van der Waals surface area contributed by atoms with Gasteiger partial charge in [-0.1, -0.05) is 12.1 Å². The van der Waals surface area contributed by atoms with Crippen LogP contribution in [0.3, 0.4) is 0 Å². The fourth-order valence-corrected chi connectivity index (χ4v) is 4.92. The summed E-state index contributed by atoms with van der Waals surface area (Å²) in [4.78, 5) is 31.2. The Labute approximate surface area is 179 Å². The largest absolute Gasteiger partial charge is 0.368 e. The van der Waals surface area contributed by atoms with Gasteiger partial charge in [0.25, 0.3) is 15.7 Å². The first kappa shape index (κ1) is 20.8. The average Bonchev–Trinajstić information content (AvgIpc) is 3.04. The number of benzene rings is 2. The number of hydrogen-bond donors (Lipinski definition) is 1. The number of rotatable bonds is 5. The van der Waals surface area contributed by atoms with Crippen molar-refractivity contribution in [3.05, 3.63) is 64.2 Å². The predicted octanol–water partition coefficient (Wildman–Crippen LogP) is 1.37. The van der Waals surface area contributed by atoms with E-state index in [1.807, 2.05) is 0 Å². The van der Waals surface area contributed by atoms with Crippen LogP contribution in [0.15, 0.2) is 58.4 Å². The maximum absolute atomic E-state index is 12.5. The van der Waals surface area contributed by atoms with Crippen molar-refractivity contribution in [2.75, 3.05) is 37.6 Å². The number of nitro groups is 1. The Hall–Kier alpha value is -3.47. The van der Waals surface area contributed by atoms with Gasteiger partial charge in [-0.15, -0.1) is 0 Å². The molecule has 1 saturated heterocycles. The molecule has 2 aromatic rings. The Balaban J connectivity index is 1.30. The van der Waals surface area contributed by atoms with Crippen LogP contribution in [0.2, 0.25) is 0 Å². The molecule has 0 atom stereocenters. The van der Waals surface area contributed by atoms with E-state index in [2.05, 4.69) is 14.6 Å². The number of piperazine rings is 1. The van der Waals surface area contributed by atoms with Crippen molar-refractivity contribution in [3.8, 4) is 0 Å². The topological polar surface area (TPSA) is 125 Å². The molecule has 1 fully saturated rings. The lowest BCUT2D eigenvalue weighted by atomic mass is 10.2. The SMILES string of the molecule is O=C(CCN=C1NS(=O)(=O)c2ccccc21)N1CCN(c2ccc([N+](=O)[O-])cc2)CC1. The van der Waals surface area contributed by atoms with E-state index in [0.717, 1.165) is 5.69 Å². The standard InChI is InChI=1S/C20H21N5O5S/c26-19(9-10-21-20-17-3-1-2-4-18(17)31(29,30)22-20)24-13-11-23(12-14-24)15-5-7-16(8-6-15)25(27)28/h1-8H,9-14H2,(H,21,22). The third kappa shape index (κ3) is 4.36. The quantitative estimate of drug-likeness (QED) is 0.550. The van der Waals surface area contributed by atoms with Crippen LogP contribution in [0.25, 0.3) is 0 Å². The van der Waals surface area contributed by atoms with E-state index >= 15 is 0 Å². The van der Waals surface area contributed by atoms with Crippen LogP contribution in [0.5, 0.6) is 0 Å². The molecule has 0 aromatic heterocycles. The van der Waals surface area contributed by atoms with Crippen molar-refractivity contribution in [1.82, 2.24) is 9.62 Å². The number of aliphatic imine (C=N–C) groups is 1. The third-order valence-corrected chi connectivity index (χ3v) is 6.71. The van der Waals surface area contributed by atoms with E-state index in [1.165, 1.54) is 18.2 Å². The number of nitrogens with zero attached hydrogens (tertiary/aromatic N) is 4. The van der Waals surface area contributed by atoms with Gasteiger partial charge in [-0.3, -0.25) is 24.6 Å². The first-order valence-electron chi connectivity index (χ1n) is 9.79. The number of amides is 1. The van der Waals surface area contributed by atoms with Gasteiger partial charge in [-0.25, -0.2) is 8.42 Å². The lowest BCUT2D eigenvalue weighted by molar-refractivity contribution is -0.384. The number of carbonyl (C=O) groups is 1. The minimum absolute atomic E-state index is 0.0400. The second-order valence-corrected chi connectivity index (χ2v) is 8.87. The maximum atomic E-state index is 12.5. The first-order valence-corrected chi connectivity index (χ1v) is 11.3. The molecule has 0 radical (unpaired) electrons. The summed E-state index contributed by atoms with van der Waals surface area (Å²) >= 11 is 0. The van der Waals surface area contributed by atoms with E-state index in [0.29, 0.717) is 31.7 Å². The highest BCUT2D eigenvalue weighted by atomic mass is 32.2. The summed E-state index contributed by atoms with van der Waals surface area (Å²) in [5.74, 6) is 0.230. The molecule has 162 valence electrons. The van der Waals surface area contributed by atoms with Crippen LogP contribution in [-0.4, -0.2) is 62.7 Å². The van der Waals surface area contributed by atoms with Gasteiger partial charge in [-0.2, -0.15) is 0 Å². The van der Waals surface area contributed by atoms with Gasteiger partial charge in [0.15, 0.2) is 0 Å². The molecule has 2 aliphatic heterocycles. The van der Waals surface area contributed by atoms with Crippen molar-refractivity contribution in [1.29, 1.82) is 0 Å². The fraction of sp³-hybridized carbons (Fsp3) is 0.300. The van der Waals surface area contributed by atoms with Crippen LogP contribution in [0.1, 0.15) is 12.0 Å². The number of sulfonamides is 1. The molecule has 1 amide bonds. The highest BCUT2D eigenvalue weighted by Crippen LogP contribution is 2.23. The number of anilines is 1. The molecule has 0 aliphatic carbocycles. The van der Waals surface area contributed by atoms with E-state index in [9.17, 15) is 23.3 Å². The second-order valence-electron chi connectivity index (χ2n) is 7.22. The fourth-order valence-electron chi connectivity index (χ4n) is 3.67. The summed E-state index contributed by atoms with van der Waals surface area (Å²) in [6, 6.07) is 13.0. The second kappa shape index (κ2) is 8.34. The highest BCUT2D eigenvalue weighted by Gasteiger charge is 2.30. The molecule has 0 spiro atoms. The van der Waals surface area contributed by atoms with Crippen LogP contribution >= 0.6 is 0 Å². The molecule has 4 rings (SSSR count). The molecule has 2 heterocycles. The van der Waals surface area contributed by atoms with Crippen molar-refractivity contribution in [3.63, 3.8) is 0 Å². The molecular formula is C20H21N5O5S. The zero-order valence-corrected chi connectivity index (χ0v) is 17.4. The molecule has 2 aromatic carbocycles. The van der Waals surface area contributed by atoms with Crippen molar-refractivity contribution in [2.24, 2.45) is 4.99 Å². The van der Waals surface area contributed by atoms with E-state index < -0.39 is 14.9 Å². The average molecular weight is 443 g/mol. The molecular weight excluding hydrogens is 422 g/mol. The number of non-ortho nitro benzene ring substituents is 1. The Morgan fingerprint density at radius 3 is 2.42 bits per heavy atom. The summed E-state index contributed by atoms with van der Waals surface area (Å²) in [7, 11) is -3.58. The summed E-state index contributed by atoms with van der Waals surface area (Å²) < 4.78 is 26.6. The Morgan fingerprint density at radius 2 is 1.74 bits per heavy atom. The van der Waals surface area contributed by atoms with Gasteiger partial charge in [0.05, 0.1) is 16.4 Å². The van der Waals surface area contributed by atoms with Crippen LogP contribution in [0.4, 0.5) is 11.4 Å². The van der Waals surface area contributed by atoms with Crippen molar-refractivity contribution < 1.29 is 18.1 Å². The van der Waals surface area contributed by atoms with Gasteiger partial charge in [0.1, 0.15) is 5.84 Å². The number of carbonyl (C=O) groups excluding carboxylic acids is 1. The molecule has 0 saturated carbocycles. The number of amidine groups is 1. The Morgan fingerprint density at radius 1 is 1.06 bits per heavy atom. The molecule has 0 bridgehead atoms. The molecule has 1 N–H and O–H groups in total. The minimum atomic E-state index is -3.58. The predicted molar refractivity (Wildman–Crippen MR) is 115 cm³/mol. The summed E-state index contributed by atoms with van der Waals surface area (Å²) in [5, 5.41) is 10.8. The van der Waals surface area contributed by atoms with Gasteiger partial charge >= 0.3 is 0 Å². The number of nitrogens with one attached hydrogen (secondary N) is 1. The van der Waals surface area contributed by atoms with Gasteiger partial charge in [0.2, 0.25) is 5.91 Å². The third-order valence-electron chi connectivity index (χ3n) is 5.32. The Bertz CT molecular complexity index is 1140. The van der Waals surface area contributed by atoms with Crippen LogP contribution in [-0.2, 0) is 14.8 Å². The number of hydrogen-bond acceptors (Lipinski definition) is 7. The molecule has 11 heteroatoms. The molecule has 0 unspecified atom stereocenters. The van der Waals surface area contributed by atoms with E-state index in [4.69, 9.17) is 0 Å². The summed E-state index contributed by atoms with van der Waals surface area (Å²) in [6.45, 7) is 2.54. The maximum Gasteiger partial charge on any atom is 0.269 e. The smallest absolute Gasteiger partial charge is 0.269 e. The van der Waals surface area contributed by atoms with Gasteiger partial charge < -0.3 is 9.80 Å². The van der Waals surface area contributed by atoms with Crippen LogP contribution < -0.4 is 9.62 Å². The van der Waals surface area contributed by atoms with Crippen LogP contribution in [0, 0.1) is 10.1 Å². The summed E-state index contributed by atoms with van der Waals surface area (Å²) in [6.07, 6.45) is 0.185. The van der Waals surface area contributed by atoms with E-state index in [-0.39, 0.29) is 35.3 Å². The van der Waals surface area contributed by atoms with Gasteiger partial charge in [-0.05, 0) is 24.3 Å². The first-order chi connectivity index (χ1) is 14.8. The van der Waals surface area contributed by atoms with E-state index in [1.54, 1.807) is 35.2 Å². The lowest BCUT2D eigenvalue weighted by Gasteiger charge is -2.36. The summed E-state index contributed by atoms with van der Waals surface area (Å²) in [5.41, 5.74) is 1.45. The molecule has 2 aliphatic rings. The van der Waals surface area contributed by atoms with Gasteiger partial charge in [0, 0.05) is 56.0 Å². The number of nitro benzene ring substituents is 1. The lowest BCUT2D eigenvalue weighted by Crippen LogP contribution is -2.48. The number of fused-ring (bicyclic) bond motifs is 1. The highest BCUT2D eigenvalue weighted by molar-refractivity contribution is 7.90. The Kier molecular flexibility index (Phi) is 5.59.